The molecular weight excluding hydrogens is 381 g/mol. The molecule has 10 heteroatoms. The van der Waals surface area contributed by atoms with Gasteiger partial charge in [-0.1, -0.05) is 0 Å². The Morgan fingerprint density at radius 2 is 1.96 bits per heavy atom. The Kier molecular flexibility index (Phi) is 4.87. The maximum absolute atomic E-state index is 12.7. The molecule has 1 N–H and O–H groups in total. The van der Waals surface area contributed by atoms with Crippen molar-refractivity contribution in [1.82, 2.24) is 19.1 Å². The number of halogens is 3. The molecule has 142 valence electrons. The van der Waals surface area contributed by atoms with E-state index < -0.39 is 23.0 Å². The third-order valence-electron chi connectivity index (χ3n) is 3.62. The van der Waals surface area contributed by atoms with Crippen LogP contribution < -0.4 is 5.56 Å². The van der Waals surface area contributed by atoms with E-state index in [1.165, 1.54) is 18.3 Å². The van der Waals surface area contributed by atoms with Crippen molar-refractivity contribution in [2.75, 3.05) is 0 Å². The van der Waals surface area contributed by atoms with E-state index in [0.29, 0.717) is 11.3 Å². The van der Waals surface area contributed by atoms with Gasteiger partial charge in [-0.3, -0.25) is 9.78 Å². The molecule has 3 aromatic rings. The van der Waals surface area contributed by atoms with Gasteiger partial charge in [0, 0.05) is 29.1 Å². The number of aliphatic hydroxyl groups is 1. The van der Waals surface area contributed by atoms with Crippen LogP contribution in [0.15, 0.2) is 40.8 Å². The first kappa shape index (κ1) is 19.2. The maximum Gasteiger partial charge on any atom is 0.433 e. The van der Waals surface area contributed by atoms with Crippen molar-refractivity contribution in [3.63, 3.8) is 0 Å². The van der Waals surface area contributed by atoms with E-state index in [-0.39, 0.29) is 17.7 Å². The second-order valence-electron chi connectivity index (χ2n) is 6.57. The molecule has 0 spiro atoms. The van der Waals surface area contributed by atoms with Crippen LogP contribution in [0, 0.1) is 0 Å². The number of hydrogen-bond acceptors (Lipinski definition) is 6. The highest BCUT2D eigenvalue weighted by Crippen LogP contribution is 2.28. The molecule has 0 amide bonds. The Balaban J connectivity index is 2.14. The van der Waals surface area contributed by atoms with E-state index in [9.17, 15) is 23.1 Å². The van der Waals surface area contributed by atoms with E-state index in [2.05, 4.69) is 14.5 Å². The molecule has 0 aromatic carbocycles. The summed E-state index contributed by atoms with van der Waals surface area (Å²) in [5.41, 5.74) is -1.30. The fourth-order valence-corrected chi connectivity index (χ4v) is 2.97. The molecule has 0 aliphatic carbocycles. The smallest absolute Gasteiger partial charge is 0.390 e. The third kappa shape index (κ3) is 4.40. The van der Waals surface area contributed by atoms with Crippen LogP contribution in [0.2, 0.25) is 0 Å². The van der Waals surface area contributed by atoms with Crippen LogP contribution in [0.1, 0.15) is 25.1 Å². The lowest BCUT2D eigenvalue weighted by atomic mass is 9.99. The van der Waals surface area contributed by atoms with Crippen molar-refractivity contribution in [2.45, 2.75) is 32.0 Å². The summed E-state index contributed by atoms with van der Waals surface area (Å²) in [6.07, 6.45) is -1.98. The van der Waals surface area contributed by atoms with Crippen LogP contribution in [0.25, 0.3) is 16.9 Å². The van der Waals surface area contributed by atoms with Gasteiger partial charge in [0.15, 0.2) is 0 Å². The van der Waals surface area contributed by atoms with Gasteiger partial charge in [0.2, 0.25) is 0 Å². The quantitative estimate of drug-likeness (QED) is 0.733. The van der Waals surface area contributed by atoms with Gasteiger partial charge in [0.05, 0.1) is 23.2 Å². The number of alkyl halides is 3. The van der Waals surface area contributed by atoms with Crippen LogP contribution in [0.5, 0.6) is 0 Å². The van der Waals surface area contributed by atoms with E-state index >= 15 is 0 Å². The van der Waals surface area contributed by atoms with Gasteiger partial charge < -0.3 is 5.11 Å². The maximum atomic E-state index is 12.7. The van der Waals surface area contributed by atoms with Crippen molar-refractivity contribution >= 4 is 11.5 Å². The minimum Gasteiger partial charge on any atom is -0.390 e. The Morgan fingerprint density at radius 3 is 2.48 bits per heavy atom. The van der Waals surface area contributed by atoms with Gasteiger partial charge in [-0.05, 0) is 43.6 Å². The predicted molar refractivity (Wildman–Crippen MR) is 93.7 cm³/mol. The lowest BCUT2D eigenvalue weighted by molar-refractivity contribution is -0.141. The van der Waals surface area contributed by atoms with E-state index in [0.717, 1.165) is 28.5 Å². The summed E-state index contributed by atoms with van der Waals surface area (Å²) in [6.45, 7) is 3.12. The molecule has 0 aliphatic rings. The zero-order chi connectivity index (χ0) is 19.8. The molecule has 6 nitrogen and oxygen atoms in total. The largest absolute Gasteiger partial charge is 0.433 e. The summed E-state index contributed by atoms with van der Waals surface area (Å²) in [5.74, 6) is 0. The highest BCUT2D eigenvalue weighted by molar-refractivity contribution is 7.03. The van der Waals surface area contributed by atoms with E-state index in [1.54, 1.807) is 19.2 Å². The molecular formula is C17H15F3N4O2S. The monoisotopic (exact) mass is 396 g/mol. The SMILES string of the molecule is CC(C)(O)Cc1cc(-c2ccc(C(F)(F)F)nc2)nn(-c2cnsc2)c1=O. The van der Waals surface area contributed by atoms with Crippen LogP contribution in [0.4, 0.5) is 13.2 Å². The highest BCUT2D eigenvalue weighted by Gasteiger charge is 2.32. The van der Waals surface area contributed by atoms with Crippen molar-refractivity contribution in [3.05, 3.63) is 57.6 Å². The summed E-state index contributed by atoms with van der Waals surface area (Å²) >= 11 is 1.13. The number of rotatable bonds is 4. The van der Waals surface area contributed by atoms with Gasteiger partial charge in [-0.2, -0.15) is 27.3 Å². The van der Waals surface area contributed by atoms with Crippen LogP contribution in [0.3, 0.4) is 0 Å². The summed E-state index contributed by atoms with van der Waals surface area (Å²) in [6, 6.07) is 3.56. The van der Waals surface area contributed by atoms with Crippen molar-refractivity contribution < 1.29 is 18.3 Å². The molecule has 3 heterocycles. The van der Waals surface area contributed by atoms with Crippen molar-refractivity contribution in [2.24, 2.45) is 0 Å². The molecule has 0 radical (unpaired) electrons. The molecule has 0 atom stereocenters. The summed E-state index contributed by atoms with van der Waals surface area (Å²) < 4.78 is 43.2. The van der Waals surface area contributed by atoms with Gasteiger partial charge in [0.1, 0.15) is 5.69 Å². The first-order chi connectivity index (χ1) is 12.5. The molecule has 3 aromatic heterocycles. The molecule has 0 unspecified atom stereocenters. The van der Waals surface area contributed by atoms with Crippen LogP contribution in [-0.4, -0.2) is 29.8 Å². The molecule has 0 fully saturated rings. The van der Waals surface area contributed by atoms with Gasteiger partial charge in [0.25, 0.3) is 5.56 Å². The number of aromatic nitrogens is 4. The van der Waals surface area contributed by atoms with Crippen molar-refractivity contribution in [1.29, 1.82) is 0 Å². The summed E-state index contributed by atoms with van der Waals surface area (Å²) in [5, 5.41) is 15.9. The molecule has 0 saturated carbocycles. The Bertz CT molecular complexity index is 991. The first-order valence-electron chi connectivity index (χ1n) is 7.83. The average Bonchev–Trinajstić information content (AvgIpc) is 3.09. The van der Waals surface area contributed by atoms with Crippen LogP contribution >= 0.6 is 11.5 Å². The number of pyridine rings is 1. The standard InChI is InChI=1S/C17H15F3N4O2S/c1-16(2,26)6-11-5-13(10-3-4-14(21-7-10)17(18,19)20)23-24(15(11)25)12-8-22-27-9-12/h3-5,7-9,26H,6H2,1-2H3. The van der Waals surface area contributed by atoms with Gasteiger partial charge in [-0.15, -0.1) is 0 Å². The fraction of sp³-hybridized carbons (Fsp3) is 0.294. The summed E-state index contributed by atoms with van der Waals surface area (Å²) in [7, 11) is 0. The number of nitrogens with zero attached hydrogens (tertiary/aromatic N) is 4. The lowest BCUT2D eigenvalue weighted by Gasteiger charge is -2.18. The summed E-state index contributed by atoms with van der Waals surface area (Å²) in [4.78, 5) is 16.1. The highest BCUT2D eigenvalue weighted by atomic mass is 32.1. The fourth-order valence-electron chi connectivity index (χ4n) is 2.47. The van der Waals surface area contributed by atoms with Gasteiger partial charge in [-0.25, -0.2) is 0 Å². The predicted octanol–water partition coefficient (Wildman–Crippen LogP) is 3.08. The molecule has 0 saturated heterocycles. The normalized spacial score (nSPS) is 12.4. The van der Waals surface area contributed by atoms with E-state index in [1.807, 2.05) is 0 Å². The van der Waals surface area contributed by atoms with Crippen molar-refractivity contribution in [3.8, 4) is 16.9 Å². The molecule has 0 bridgehead atoms. The topological polar surface area (TPSA) is 80.9 Å². The Labute approximate surface area is 156 Å². The second-order valence-corrected chi connectivity index (χ2v) is 7.23. The molecule has 27 heavy (non-hydrogen) atoms. The lowest BCUT2D eigenvalue weighted by Crippen LogP contribution is -2.31. The average molecular weight is 396 g/mol. The zero-order valence-electron chi connectivity index (χ0n) is 14.4. The minimum absolute atomic E-state index is 0.0486. The Morgan fingerprint density at radius 1 is 1.22 bits per heavy atom. The molecule has 3 rings (SSSR count). The number of hydrogen-bond donors (Lipinski definition) is 1. The zero-order valence-corrected chi connectivity index (χ0v) is 15.2. The van der Waals surface area contributed by atoms with E-state index in [4.69, 9.17) is 0 Å². The Hall–Kier alpha value is -2.59. The molecule has 0 aliphatic heterocycles. The van der Waals surface area contributed by atoms with Gasteiger partial charge >= 0.3 is 6.18 Å². The third-order valence-corrected chi connectivity index (χ3v) is 4.20. The first-order valence-corrected chi connectivity index (χ1v) is 8.67. The second kappa shape index (κ2) is 6.86. The van der Waals surface area contributed by atoms with Crippen LogP contribution in [-0.2, 0) is 12.6 Å². The minimum atomic E-state index is -4.54.